The third-order valence-corrected chi connectivity index (χ3v) is 3.76. The molecule has 5 nitrogen and oxygen atoms in total. The van der Waals surface area contributed by atoms with Crippen molar-refractivity contribution in [2.24, 2.45) is 5.73 Å². The second-order valence-corrected chi connectivity index (χ2v) is 5.52. The van der Waals surface area contributed by atoms with E-state index >= 15 is 0 Å². The van der Waals surface area contributed by atoms with Crippen molar-refractivity contribution in [2.75, 3.05) is 34.3 Å². The van der Waals surface area contributed by atoms with E-state index < -0.39 is 0 Å². The minimum absolute atomic E-state index is 0.0267. The molecule has 1 aliphatic rings. The van der Waals surface area contributed by atoms with Crippen LogP contribution in [0.2, 0.25) is 0 Å². The van der Waals surface area contributed by atoms with Crippen LogP contribution < -0.4 is 10.5 Å². The first-order chi connectivity index (χ1) is 9.51. The SMILES string of the molecule is COc1ccc(C(CN2CC(N)CC2=O)N(C)C)cc1. The van der Waals surface area contributed by atoms with Crippen LogP contribution >= 0.6 is 0 Å². The standard InChI is InChI=1S/C15H23N3O2/c1-17(2)14(10-18-9-12(16)8-15(18)19)11-4-6-13(20-3)7-5-11/h4-7,12,14H,8-10,16H2,1-3H3. The number of nitrogens with two attached hydrogens (primary N) is 1. The fraction of sp³-hybridized carbons (Fsp3) is 0.533. The number of hydrogen-bond donors (Lipinski definition) is 1. The summed E-state index contributed by atoms with van der Waals surface area (Å²) in [6, 6.07) is 8.12. The van der Waals surface area contributed by atoms with Gasteiger partial charge >= 0.3 is 0 Å². The van der Waals surface area contributed by atoms with Crippen LogP contribution in [-0.4, -0.2) is 56.0 Å². The second kappa shape index (κ2) is 6.24. The van der Waals surface area contributed by atoms with Gasteiger partial charge < -0.3 is 20.3 Å². The van der Waals surface area contributed by atoms with Crippen molar-refractivity contribution < 1.29 is 9.53 Å². The van der Waals surface area contributed by atoms with E-state index in [2.05, 4.69) is 4.90 Å². The molecule has 2 rings (SSSR count). The van der Waals surface area contributed by atoms with E-state index in [0.29, 0.717) is 19.5 Å². The summed E-state index contributed by atoms with van der Waals surface area (Å²) in [7, 11) is 5.70. The Kier molecular flexibility index (Phi) is 4.62. The highest BCUT2D eigenvalue weighted by atomic mass is 16.5. The third kappa shape index (κ3) is 3.29. The maximum absolute atomic E-state index is 11.9. The van der Waals surface area contributed by atoms with Gasteiger partial charge in [0.1, 0.15) is 5.75 Å². The van der Waals surface area contributed by atoms with Crippen LogP contribution in [0.25, 0.3) is 0 Å². The number of likely N-dealkylation sites (tertiary alicyclic amines) is 1. The number of nitrogens with zero attached hydrogens (tertiary/aromatic N) is 2. The van der Waals surface area contributed by atoms with Gasteiger partial charge in [-0.3, -0.25) is 4.79 Å². The van der Waals surface area contributed by atoms with Crippen LogP contribution in [-0.2, 0) is 4.79 Å². The van der Waals surface area contributed by atoms with Crippen LogP contribution in [0.3, 0.4) is 0 Å². The van der Waals surface area contributed by atoms with Crippen molar-refractivity contribution >= 4 is 5.91 Å². The molecular weight excluding hydrogens is 254 g/mol. The second-order valence-electron chi connectivity index (χ2n) is 5.52. The number of carbonyl (C=O) groups excluding carboxylic acids is 1. The topological polar surface area (TPSA) is 58.8 Å². The highest BCUT2D eigenvalue weighted by Crippen LogP contribution is 2.24. The van der Waals surface area contributed by atoms with Crippen molar-refractivity contribution in [3.63, 3.8) is 0 Å². The molecule has 0 spiro atoms. The largest absolute Gasteiger partial charge is 0.497 e. The van der Waals surface area contributed by atoms with E-state index in [1.807, 2.05) is 43.3 Å². The summed E-state index contributed by atoms with van der Waals surface area (Å²) in [6.45, 7) is 1.32. The van der Waals surface area contributed by atoms with Gasteiger partial charge in [-0.05, 0) is 31.8 Å². The Labute approximate surface area is 120 Å². The van der Waals surface area contributed by atoms with Crippen molar-refractivity contribution in [3.8, 4) is 5.75 Å². The summed E-state index contributed by atoms with van der Waals surface area (Å²) in [5, 5.41) is 0. The lowest BCUT2D eigenvalue weighted by Gasteiger charge is -2.29. The first-order valence-electron chi connectivity index (χ1n) is 6.85. The van der Waals surface area contributed by atoms with Crippen LogP contribution in [0.15, 0.2) is 24.3 Å². The quantitative estimate of drug-likeness (QED) is 0.867. The predicted molar refractivity (Wildman–Crippen MR) is 78.6 cm³/mol. The normalized spacial score (nSPS) is 20.6. The average molecular weight is 277 g/mol. The van der Waals surface area contributed by atoms with Crippen molar-refractivity contribution in [3.05, 3.63) is 29.8 Å². The molecule has 1 aliphatic heterocycles. The molecule has 110 valence electrons. The van der Waals surface area contributed by atoms with Gasteiger partial charge in [-0.1, -0.05) is 12.1 Å². The van der Waals surface area contributed by atoms with Gasteiger partial charge in [-0.25, -0.2) is 0 Å². The summed E-state index contributed by atoms with van der Waals surface area (Å²) in [5.41, 5.74) is 7.02. The molecule has 0 aliphatic carbocycles. The molecule has 2 atom stereocenters. The third-order valence-electron chi connectivity index (χ3n) is 3.76. The zero-order valence-corrected chi connectivity index (χ0v) is 12.4. The molecule has 2 unspecified atom stereocenters. The van der Waals surface area contributed by atoms with E-state index in [9.17, 15) is 4.79 Å². The molecular formula is C15H23N3O2. The number of ether oxygens (including phenoxy) is 1. The van der Waals surface area contributed by atoms with Crippen LogP contribution in [0.1, 0.15) is 18.0 Å². The van der Waals surface area contributed by atoms with E-state index in [4.69, 9.17) is 10.5 Å². The summed E-state index contributed by atoms with van der Waals surface area (Å²) < 4.78 is 5.18. The monoisotopic (exact) mass is 277 g/mol. The molecule has 2 N–H and O–H groups in total. The average Bonchev–Trinajstić information content (AvgIpc) is 2.74. The van der Waals surface area contributed by atoms with Gasteiger partial charge in [0.25, 0.3) is 0 Å². The molecule has 0 radical (unpaired) electrons. The Hall–Kier alpha value is -1.59. The maximum Gasteiger partial charge on any atom is 0.224 e. The number of methoxy groups -OCH3 is 1. The molecule has 1 saturated heterocycles. The number of hydrogen-bond acceptors (Lipinski definition) is 4. The van der Waals surface area contributed by atoms with Gasteiger partial charge in [0.2, 0.25) is 5.91 Å². The van der Waals surface area contributed by atoms with Crippen LogP contribution in [0.5, 0.6) is 5.75 Å². The molecule has 20 heavy (non-hydrogen) atoms. The highest BCUT2D eigenvalue weighted by Gasteiger charge is 2.29. The van der Waals surface area contributed by atoms with E-state index in [1.54, 1.807) is 7.11 Å². The van der Waals surface area contributed by atoms with E-state index in [-0.39, 0.29) is 18.0 Å². The lowest BCUT2D eigenvalue weighted by atomic mass is 10.1. The summed E-state index contributed by atoms with van der Waals surface area (Å²) >= 11 is 0. The minimum atomic E-state index is -0.0267. The molecule has 5 heteroatoms. The predicted octanol–water partition coefficient (Wildman–Crippen LogP) is 0.857. The smallest absolute Gasteiger partial charge is 0.224 e. The molecule has 1 amide bonds. The Morgan fingerprint density at radius 3 is 2.50 bits per heavy atom. The molecule has 1 heterocycles. The number of benzene rings is 1. The molecule has 1 aromatic rings. The van der Waals surface area contributed by atoms with Gasteiger partial charge in [0, 0.05) is 25.6 Å². The molecule has 0 aromatic heterocycles. The first kappa shape index (κ1) is 14.8. The Bertz CT molecular complexity index is 459. The zero-order chi connectivity index (χ0) is 14.7. The minimum Gasteiger partial charge on any atom is -0.497 e. The van der Waals surface area contributed by atoms with Crippen molar-refractivity contribution in [1.29, 1.82) is 0 Å². The fourth-order valence-corrected chi connectivity index (χ4v) is 2.58. The summed E-state index contributed by atoms with van der Waals surface area (Å²) in [6.07, 6.45) is 0.461. The van der Waals surface area contributed by atoms with Crippen LogP contribution in [0.4, 0.5) is 0 Å². The van der Waals surface area contributed by atoms with Crippen molar-refractivity contribution in [2.45, 2.75) is 18.5 Å². The van der Waals surface area contributed by atoms with E-state index in [1.165, 1.54) is 5.56 Å². The molecule has 0 bridgehead atoms. The lowest BCUT2D eigenvalue weighted by molar-refractivity contribution is -0.128. The maximum atomic E-state index is 11.9. The number of carbonyl (C=O) groups is 1. The first-order valence-corrected chi connectivity index (χ1v) is 6.85. The van der Waals surface area contributed by atoms with Gasteiger partial charge in [0.15, 0.2) is 0 Å². The number of likely N-dealkylation sites (N-methyl/N-ethyl adjacent to an activating group) is 1. The van der Waals surface area contributed by atoms with Crippen LogP contribution in [0, 0.1) is 0 Å². The Morgan fingerprint density at radius 1 is 1.40 bits per heavy atom. The summed E-state index contributed by atoms with van der Waals surface area (Å²) in [5.74, 6) is 0.989. The molecule has 0 saturated carbocycles. The van der Waals surface area contributed by atoms with Crippen molar-refractivity contribution in [1.82, 2.24) is 9.80 Å². The van der Waals surface area contributed by atoms with Gasteiger partial charge in [0.05, 0.1) is 13.2 Å². The number of amides is 1. The Morgan fingerprint density at radius 2 is 2.05 bits per heavy atom. The highest BCUT2D eigenvalue weighted by molar-refractivity contribution is 5.79. The zero-order valence-electron chi connectivity index (χ0n) is 12.4. The molecule has 1 aromatic carbocycles. The molecule has 1 fully saturated rings. The van der Waals surface area contributed by atoms with Gasteiger partial charge in [-0.2, -0.15) is 0 Å². The summed E-state index contributed by atoms with van der Waals surface area (Å²) in [4.78, 5) is 15.9. The fourth-order valence-electron chi connectivity index (χ4n) is 2.58. The van der Waals surface area contributed by atoms with E-state index in [0.717, 1.165) is 5.75 Å². The number of rotatable bonds is 5. The lowest BCUT2D eigenvalue weighted by Crippen LogP contribution is -2.36. The Balaban J connectivity index is 2.12. The van der Waals surface area contributed by atoms with Gasteiger partial charge in [-0.15, -0.1) is 0 Å².